The fourth-order valence-corrected chi connectivity index (χ4v) is 2.94. The van der Waals surface area contributed by atoms with Crippen molar-refractivity contribution in [1.29, 1.82) is 0 Å². The van der Waals surface area contributed by atoms with Gasteiger partial charge in [0.2, 0.25) is 0 Å². The Morgan fingerprint density at radius 1 is 0.760 bits per heavy atom. The third kappa shape index (κ3) is 13.8. The van der Waals surface area contributed by atoms with E-state index in [1.807, 2.05) is 0 Å². The lowest BCUT2D eigenvalue weighted by molar-refractivity contribution is -0.159. The van der Waals surface area contributed by atoms with Crippen molar-refractivity contribution in [2.75, 3.05) is 27.1 Å². The molecule has 0 aliphatic rings. The van der Waals surface area contributed by atoms with Crippen LogP contribution in [0.5, 0.6) is 0 Å². The van der Waals surface area contributed by atoms with E-state index in [2.05, 4.69) is 13.7 Å². The van der Waals surface area contributed by atoms with E-state index in [9.17, 15) is 18.0 Å². The fourth-order valence-electron chi connectivity index (χ4n) is 2.51. The standard InChI is InChI=1S/C17H32O7S/c1-22-16(18)15(17(19)23-2)13-11-9-7-5-4-6-8-10-12-14-24-25(3,20)21/h15H,4-14H2,1-3H3. The average molecular weight is 381 g/mol. The number of rotatable bonds is 15. The molecule has 0 heterocycles. The number of carbonyl (C=O) groups is 2. The highest BCUT2D eigenvalue weighted by Crippen LogP contribution is 2.16. The minimum atomic E-state index is -3.31. The van der Waals surface area contributed by atoms with E-state index < -0.39 is 28.0 Å². The van der Waals surface area contributed by atoms with Gasteiger partial charge in [-0.15, -0.1) is 0 Å². The first kappa shape index (κ1) is 23.9. The first-order valence-corrected chi connectivity index (χ1v) is 10.6. The van der Waals surface area contributed by atoms with E-state index in [1.54, 1.807) is 0 Å². The third-order valence-corrected chi connectivity index (χ3v) is 4.50. The Labute approximate surface area is 151 Å². The highest BCUT2D eigenvalue weighted by Gasteiger charge is 2.27. The van der Waals surface area contributed by atoms with Gasteiger partial charge in [-0.25, -0.2) is 0 Å². The molecule has 0 aromatic carbocycles. The Morgan fingerprint density at radius 3 is 1.56 bits per heavy atom. The molecule has 8 heteroatoms. The maximum Gasteiger partial charge on any atom is 0.320 e. The van der Waals surface area contributed by atoms with E-state index in [1.165, 1.54) is 14.2 Å². The van der Waals surface area contributed by atoms with Gasteiger partial charge in [-0.05, 0) is 12.8 Å². The van der Waals surface area contributed by atoms with Crippen LogP contribution in [0, 0.1) is 5.92 Å². The Kier molecular flexibility index (Phi) is 13.4. The molecule has 0 aliphatic heterocycles. The van der Waals surface area contributed by atoms with E-state index in [0.29, 0.717) is 6.42 Å². The summed E-state index contributed by atoms with van der Waals surface area (Å²) in [6.45, 7) is 0.264. The van der Waals surface area contributed by atoms with E-state index in [4.69, 9.17) is 0 Å². The van der Waals surface area contributed by atoms with Gasteiger partial charge in [0.1, 0.15) is 0 Å². The van der Waals surface area contributed by atoms with Crippen molar-refractivity contribution in [3.05, 3.63) is 0 Å². The quantitative estimate of drug-likeness (QED) is 0.186. The summed E-state index contributed by atoms with van der Waals surface area (Å²) in [5.74, 6) is -1.89. The van der Waals surface area contributed by atoms with E-state index in [0.717, 1.165) is 64.0 Å². The smallest absolute Gasteiger partial charge is 0.320 e. The molecule has 148 valence electrons. The van der Waals surface area contributed by atoms with Gasteiger partial charge >= 0.3 is 11.9 Å². The molecule has 0 N–H and O–H groups in total. The van der Waals surface area contributed by atoms with Gasteiger partial charge in [0.25, 0.3) is 10.1 Å². The Hall–Kier alpha value is -1.15. The summed E-state index contributed by atoms with van der Waals surface area (Å²) < 4.78 is 35.5. The normalized spacial score (nSPS) is 11.5. The van der Waals surface area contributed by atoms with Crippen LogP contribution in [0.3, 0.4) is 0 Å². The number of hydrogen-bond acceptors (Lipinski definition) is 7. The zero-order valence-corrected chi connectivity index (χ0v) is 16.4. The van der Waals surface area contributed by atoms with Crippen molar-refractivity contribution in [3.63, 3.8) is 0 Å². The van der Waals surface area contributed by atoms with Crippen LogP contribution in [0.15, 0.2) is 0 Å². The summed E-state index contributed by atoms with van der Waals surface area (Å²) in [6.07, 6.45) is 10.5. The molecule has 0 saturated heterocycles. The monoisotopic (exact) mass is 380 g/mol. The molecule has 0 amide bonds. The van der Waals surface area contributed by atoms with Crippen LogP contribution in [-0.2, 0) is 33.4 Å². The van der Waals surface area contributed by atoms with Crippen molar-refractivity contribution in [3.8, 4) is 0 Å². The predicted molar refractivity (Wildman–Crippen MR) is 94.5 cm³/mol. The number of ether oxygens (including phenoxy) is 2. The lowest BCUT2D eigenvalue weighted by Crippen LogP contribution is -2.26. The van der Waals surface area contributed by atoms with Crippen LogP contribution >= 0.6 is 0 Å². The minimum absolute atomic E-state index is 0.264. The van der Waals surface area contributed by atoms with Crippen molar-refractivity contribution < 1.29 is 31.7 Å². The van der Waals surface area contributed by atoms with Crippen LogP contribution in [0.1, 0.15) is 64.2 Å². The molecule has 0 radical (unpaired) electrons. The highest BCUT2D eigenvalue weighted by atomic mass is 32.2. The topological polar surface area (TPSA) is 96.0 Å². The lowest BCUT2D eigenvalue weighted by atomic mass is 10.00. The summed E-state index contributed by atoms with van der Waals surface area (Å²) >= 11 is 0. The number of unbranched alkanes of at least 4 members (excludes halogenated alkanes) is 8. The molecule has 0 aliphatic carbocycles. The Balaban J connectivity index is 3.54. The molecule has 0 spiro atoms. The Morgan fingerprint density at radius 2 is 1.16 bits per heavy atom. The van der Waals surface area contributed by atoms with Gasteiger partial charge < -0.3 is 9.47 Å². The molecular weight excluding hydrogens is 348 g/mol. The summed E-state index contributed by atoms with van der Waals surface area (Å²) in [5.41, 5.74) is 0. The van der Waals surface area contributed by atoms with E-state index in [-0.39, 0.29) is 6.61 Å². The van der Waals surface area contributed by atoms with Gasteiger partial charge in [0.05, 0.1) is 27.1 Å². The molecule has 7 nitrogen and oxygen atoms in total. The summed E-state index contributed by atoms with van der Waals surface area (Å²) in [7, 11) is -0.774. The molecule has 0 aromatic heterocycles. The average Bonchev–Trinajstić information content (AvgIpc) is 2.56. The zero-order chi connectivity index (χ0) is 19.1. The largest absolute Gasteiger partial charge is 0.468 e. The van der Waals surface area contributed by atoms with Gasteiger partial charge in [-0.3, -0.25) is 13.8 Å². The minimum Gasteiger partial charge on any atom is -0.468 e. The third-order valence-electron chi connectivity index (χ3n) is 3.91. The molecule has 0 aromatic rings. The van der Waals surface area contributed by atoms with Crippen LogP contribution in [-0.4, -0.2) is 47.4 Å². The highest BCUT2D eigenvalue weighted by molar-refractivity contribution is 7.85. The summed E-state index contributed by atoms with van der Waals surface area (Å²) in [4.78, 5) is 23.0. The zero-order valence-electron chi connectivity index (χ0n) is 15.6. The molecule has 25 heavy (non-hydrogen) atoms. The van der Waals surface area contributed by atoms with Gasteiger partial charge in [-0.1, -0.05) is 51.4 Å². The second-order valence-corrected chi connectivity index (χ2v) is 7.74. The second-order valence-electron chi connectivity index (χ2n) is 6.10. The predicted octanol–water partition coefficient (Wildman–Crippen LogP) is 2.83. The fraction of sp³-hybridized carbons (Fsp3) is 0.882. The first-order valence-electron chi connectivity index (χ1n) is 8.82. The molecule has 0 unspecified atom stereocenters. The maximum atomic E-state index is 11.5. The lowest BCUT2D eigenvalue weighted by Gasteiger charge is -2.11. The van der Waals surface area contributed by atoms with Crippen molar-refractivity contribution in [2.24, 2.45) is 5.92 Å². The van der Waals surface area contributed by atoms with Crippen LogP contribution in [0.4, 0.5) is 0 Å². The second kappa shape index (κ2) is 14.1. The van der Waals surface area contributed by atoms with Crippen molar-refractivity contribution in [2.45, 2.75) is 64.2 Å². The first-order chi connectivity index (χ1) is 11.8. The van der Waals surface area contributed by atoms with Crippen molar-refractivity contribution >= 4 is 22.1 Å². The van der Waals surface area contributed by atoms with Crippen LogP contribution < -0.4 is 0 Å². The SMILES string of the molecule is COC(=O)C(CCCCCCCCCCCOS(C)(=O)=O)C(=O)OC. The van der Waals surface area contributed by atoms with Gasteiger partial charge in [0, 0.05) is 0 Å². The summed E-state index contributed by atoms with van der Waals surface area (Å²) in [6, 6.07) is 0. The van der Waals surface area contributed by atoms with Crippen LogP contribution in [0.25, 0.3) is 0 Å². The molecule has 0 saturated carbocycles. The van der Waals surface area contributed by atoms with Crippen LogP contribution in [0.2, 0.25) is 0 Å². The van der Waals surface area contributed by atoms with Gasteiger partial charge in [0.15, 0.2) is 5.92 Å². The van der Waals surface area contributed by atoms with E-state index >= 15 is 0 Å². The molecule has 0 fully saturated rings. The molecule has 0 rings (SSSR count). The van der Waals surface area contributed by atoms with Gasteiger partial charge in [-0.2, -0.15) is 8.42 Å². The number of esters is 2. The molecular formula is C17H32O7S. The number of carbonyl (C=O) groups excluding carboxylic acids is 2. The number of methoxy groups -OCH3 is 2. The number of hydrogen-bond donors (Lipinski definition) is 0. The summed E-state index contributed by atoms with van der Waals surface area (Å²) in [5, 5.41) is 0. The van der Waals surface area contributed by atoms with Crippen molar-refractivity contribution in [1.82, 2.24) is 0 Å². The molecule has 0 atom stereocenters. The maximum absolute atomic E-state index is 11.5. The Bertz CT molecular complexity index is 457. The molecule has 0 bridgehead atoms.